The second kappa shape index (κ2) is 10.8. The molecule has 0 aliphatic heterocycles. The van der Waals surface area contributed by atoms with Gasteiger partial charge in [0.15, 0.2) is 0 Å². The van der Waals surface area contributed by atoms with E-state index in [2.05, 4.69) is 51.5 Å². The first-order valence-electron chi connectivity index (χ1n) is 10.7. The SMILES string of the molecule is CN(Cc1coc(C=Cc2ccc(Cl)cc2)n1)c1ccc(CCCCn2ccnn2)cc1. The van der Waals surface area contributed by atoms with E-state index >= 15 is 0 Å². The molecule has 2 aromatic carbocycles. The van der Waals surface area contributed by atoms with Crippen LogP contribution in [-0.4, -0.2) is 27.0 Å². The molecule has 164 valence electrons. The van der Waals surface area contributed by atoms with Gasteiger partial charge in [-0.1, -0.05) is 41.1 Å². The molecule has 0 radical (unpaired) electrons. The molecule has 0 saturated heterocycles. The predicted molar refractivity (Wildman–Crippen MR) is 128 cm³/mol. The van der Waals surface area contributed by atoms with Gasteiger partial charge in [0.2, 0.25) is 5.89 Å². The summed E-state index contributed by atoms with van der Waals surface area (Å²) >= 11 is 5.92. The summed E-state index contributed by atoms with van der Waals surface area (Å²) in [5, 5.41) is 8.55. The fourth-order valence-corrected chi connectivity index (χ4v) is 3.55. The van der Waals surface area contributed by atoms with Gasteiger partial charge in [-0.25, -0.2) is 4.98 Å². The third kappa shape index (κ3) is 6.31. The van der Waals surface area contributed by atoms with E-state index in [1.54, 1.807) is 12.5 Å². The number of aryl methyl sites for hydroxylation is 2. The molecule has 4 aromatic rings. The summed E-state index contributed by atoms with van der Waals surface area (Å²) in [7, 11) is 2.06. The van der Waals surface area contributed by atoms with Gasteiger partial charge in [0, 0.05) is 36.6 Å². The molecule has 32 heavy (non-hydrogen) atoms. The van der Waals surface area contributed by atoms with Gasteiger partial charge in [0.25, 0.3) is 0 Å². The van der Waals surface area contributed by atoms with Gasteiger partial charge in [-0.15, -0.1) is 5.10 Å². The summed E-state index contributed by atoms with van der Waals surface area (Å²) < 4.78 is 7.46. The second-order valence-electron chi connectivity index (χ2n) is 7.71. The maximum absolute atomic E-state index is 5.92. The topological polar surface area (TPSA) is 60.0 Å². The molecule has 6 nitrogen and oxygen atoms in total. The van der Waals surface area contributed by atoms with Crippen molar-refractivity contribution in [2.24, 2.45) is 0 Å². The maximum Gasteiger partial charge on any atom is 0.218 e. The van der Waals surface area contributed by atoms with Crippen LogP contribution in [0.5, 0.6) is 0 Å². The number of hydrogen-bond acceptors (Lipinski definition) is 5. The molecule has 0 amide bonds. The Morgan fingerprint density at radius 2 is 1.84 bits per heavy atom. The van der Waals surface area contributed by atoms with Crippen LogP contribution in [0.2, 0.25) is 5.02 Å². The van der Waals surface area contributed by atoms with Crippen LogP contribution in [0.1, 0.15) is 35.6 Å². The van der Waals surface area contributed by atoms with Gasteiger partial charge in [-0.05, 0) is 60.7 Å². The summed E-state index contributed by atoms with van der Waals surface area (Å²) in [6, 6.07) is 16.4. The Bertz CT molecular complexity index is 1120. The van der Waals surface area contributed by atoms with Gasteiger partial charge in [-0.3, -0.25) is 4.68 Å². The minimum atomic E-state index is 0.588. The molecule has 0 fully saturated rings. The lowest BCUT2D eigenvalue weighted by atomic mass is 10.1. The quantitative estimate of drug-likeness (QED) is 0.290. The lowest BCUT2D eigenvalue weighted by molar-refractivity contribution is 0.541. The van der Waals surface area contributed by atoms with Crippen LogP contribution >= 0.6 is 11.6 Å². The highest BCUT2D eigenvalue weighted by Crippen LogP contribution is 2.18. The Morgan fingerprint density at radius 3 is 2.59 bits per heavy atom. The highest BCUT2D eigenvalue weighted by Gasteiger charge is 2.07. The summed E-state index contributed by atoms with van der Waals surface area (Å²) in [5.41, 5.74) is 4.43. The Balaban J connectivity index is 1.25. The standard InChI is InChI=1S/C25H26ClN5O/c1-30(18-23-19-32-25(28-23)14-9-21-5-10-22(26)11-6-21)24-12-7-20(8-13-24)4-2-3-16-31-17-15-27-29-31/h5-15,17,19H,2-4,16,18H2,1H3. The van der Waals surface area contributed by atoms with Crippen molar-refractivity contribution in [1.29, 1.82) is 0 Å². The molecule has 0 bridgehead atoms. The molecule has 7 heteroatoms. The van der Waals surface area contributed by atoms with Crippen molar-refractivity contribution in [3.8, 4) is 0 Å². The zero-order chi connectivity index (χ0) is 22.2. The van der Waals surface area contributed by atoms with Crippen LogP contribution in [-0.2, 0) is 19.5 Å². The number of anilines is 1. The highest BCUT2D eigenvalue weighted by molar-refractivity contribution is 6.30. The summed E-state index contributed by atoms with van der Waals surface area (Å²) in [4.78, 5) is 6.73. The number of rotatable bonds is 10. The van der Waals surface area contributed by atoms with E-state index in [0.717, 1.165) is 47.8 Å². The predicted octanol–water partition coefficient (Wildman–Crippen LogP) is 5.75. The molecule has 2 aromatic heterocycles. The molecule has 0 saturated carbocycles. The number of nitrogens with zero attached hydrogens (tertiary/aromatic N) is 5. The van der Waals surface area contributed by atoms with Crippen molar-refractivity contribution in [3.05, 3.63) is 94.9 Å². The molecular weight excluding hydrogens is 422 g/mol. The van der Waals surface area contributed by atoms with Crippen LogP contribution in [0.25, 0.3) is 12.2 Å². The van der Waals surface area contributed by atoms with Crippen molar-refractivity contribution in [2.45, 2.75) is 32.4 Å². The first-order chi connectivity index (χ1) is 15.7. The number of halogens is 1. The number of hydrogen-bond donors (Lipinski definition) is 0. The van der Waals surface area contributed by atoms with Crippen LogP contribution in [0.3, 0.4) is 0 Å². The van der Waals surface area contributed by atoms with Crippen molar-refractivity contribution in [3.63, 3.8) is 0 Å². The normalized spacial score (nSPS) is 11.3. The maximum atomic E-state index is 5.92. The monoisotopic (exact) mass is 447 g/mol. The zero-order valence-corrected chi connectivity index (χ0v) is 18.8. The molecule has 0 atom stereocenters. The molecule has 4 rings (SSSR count). The third-order valence-electron chi connectivity index (χ3n) is 5.21. The first kappa shape index (κ1) is 21.8. The molecule has 2 heterocycles. The Morgan fingerprint density at radius 1 is 1.03 bits per heavy atom. The summed E-state index contributed by atoms with van der Waals surface area (Å²) in [5.74, 6) is 0.588. The lowest BCUT2D eigenvalue weighted by Gasteiger charge is -2.18. The number of benzene rings is 2. The first-order valence-corrected chi connectivity index (χ1v) is 11.1. The van der Waals surface area contributed by atoms with E-state index in [0.29, 0.717) is 12.4 Å². The lowest BCUT2D eigenvalue weighted by Crippen LogP contribution is -2.16. The smallest absolute Gasteiger partial charge is 0.218 e. The van der Waals surface area contributed by atoms with E-state index in [4.69, 9.17) is 16.0 Å². The second-order valence-corrected chi connectivity index (χ2v) is 8.14. The largest absolute Gasteiger partial charge is 0.445 e. The Hall–Kier alpha value is -3.38. The van der Waals surface area contributed by atoms with Crippen LogP contribution in [0, 0.1) is 0 Å². The van der Waals surface area contributed by atoms with Gasteiger partial charge in [0.1, 0.15) is 6.26 Å². The minimum absolute atomic E-state index is 0.588. The van der Waals surface area contributed by atoms with Crippen molar-refractivity contribution in [2.75, 3.05) is 11.9 Å². The zero-order valence-electron chi connectivity index (χ0n) is 18.1. The third-order valence-corrected chi connectivity index (χ3v) is 5.46. The molecule has 0 spiro atoms. The minimum Gasteiger partial charge on any atom is -0.445 e. The fraction of sp³-hybridized carbons (Fsp3) is 0.240. The highest BCUT2D eigenvalue weighted by atomic mass is 35.5. The number of unbranched alkanes of at least 4 members (excludes halogenated alkanes) is 1. The number of oxazole rings is 1. The van der Waals surface area contributed by atoms with Gasteiger partial charge >= 0.3 is 0 Å². The fourth-order valence-electron chi connectivity index (χ4n) is 3.42. The van der Waals surface area contributed by atoms with Crippen molar-refractivity contribution >= 4 is 29.4 Å². The van der Waals surface area contributed by atoms with E-state index in [-0.39, 0.29) is 0 Å². The Labute approximate surface area is 193 Å². The summed E-state index contributed by atoms with van der Waals surface area (Å²) in [6.45, 7) is 1.59. The molecular formula is C25H26ClN5O. The van der Waals surface area contributed by atoms with Gasteiger partial charge in [-0.2, -0.15) is 0 Å². The van der Waals surface area contributed by atoms with Crippen LogP contribution in [0.4, 0.5) is 5.69 Å². The van der Waals surface area contributed by atoms with Crippen molar-refractivity contribution in [1.82, 2.24) is 20.0 Å². The van der Waals surface area contributed by atoms with E-state index in [1.165, 1.54) is 5.56 Å². The summed E-state index contributed by atoms with van der Waals surface area (Å²) in [6.07, 6.45) is 12.4. The average molecular weight is 448 g/mol. The van der Waals surface area contributed by atoms with Crippen LogP contribution < -0.4 is 4.90 Å². The Kier molecular flexibility index (Phi) is 7.35. The van der Waals surface area contributed by atoms with Gasteiger partial charge < -0.3 is 9.32 Å². The van der Waals surface area contributed by atoms with Gasteiger partial charge in [0.05, 0.1) is 18.4 Å². The van der Waals surface area contributed by atoms with E-state index < -0.39 is 0 Å². The van der Waals surface area contributed by atoms with Crippen LogP contribution in [0.15, 0.2) is 71.6 Å². The van der Waals surface area contributed by atoms with Crippen molar-refractivity contribution < 1.29 is 4.42 Å². The van der Waals surface area contributed by atoms with E-state index in [9.17, 15) is 0 Å². The number of aromatic nitrogens is 4. The van der Waals surface area contributed by atoms with E-state index in [1.807, 2.05) is 47.3 Å². The molecule has 0 aliphatic rings. The average Bonchev–Trinajstić information content (AvgIpc) is 3.49. The molecule has 0 N–H and O–H groups in total. The molecule has 0 aliphatic carbocycles. The molecule has 0 unspecified atom stereocenters.